The van der Waals surface area contributed by atoms with Gasteiger partial charge in [0.05, 0.1) is 24.1 Å². The molecule has 0 heterocycles. The standard InChI is InChI=1S/C15H26N2O2/c1-4-8-19-14-7-5-6-13(15(14)16)17-10-12(18)9-11(2)3/h5-7,11-12,17-18H,4,8-10,16H2,1-3H3. The molecule has 0 aliphatic heterocycles. The maximum atomic E-state index is 9.85. The molecule has 0 saturated carbocycles. The number of aliphatic hydroxyl groups is 1. The number of nitrogen functional groups attached to an aromatic ring is 1. The summed E-state index contributed by atoms with van der Waals surface area (Å²) < 4.78 is 5.57. The van der Waals surface area contributed by atoms with Crippen LogP contribution in [-0.4, -0.2) is 24.4 Å². The van der Waals surface area contributed by atoms with Crippen LogP contribution in [-0.2, 0) is 0 Å². The van der Waals surface area contributed by atoms with E-state index in [0.29, 0.717) is 30.5 Å². The molecule has 1 aromatic carbocycles. The minimum absolute atomic E-state index is 0.361. The Balaban J connectivity index is 2.58. The first kappa shape index (κ1) is 15.6. The van der Waals surface area contributed by atoms with Crippen LogP contribution in [0.4, 0.5) is 11.4 Å². The molecule has 0 fully saturated rings. The molecule has 108 valence electrons. The van der Waals surface area contributed by atoms with Gasteiger partial charge < -0.3 is 20.9 Å². The van der Waals surface area contributed by atoms with Gasteiger partial charge in [0.15, 0.2) is 0 Å². The van der Waals surface area contributed by atoms with Crippen molar-refractivity contribution in [3.63, 3.8) is 0 Å². The van der Waals surface area contributed by atoms with Gasteiger partial charge in [0, 0.05) is 6.54 Å². The van der Waals surface area contributed by atoms with E-state index >= 15 is 0 Å². The maximum Gasteiger partial charge on any atom is 0.144 e. The Kier molecular flexibility index (Phi) is 6.50. The molecule has 0 aromatic heterocycles. The summed E-state index contributed by atoms with van der Waals surface area (Å²) in [5.74, 6) is 1.18. The molecule has 0 spiro atoms. The smallest absolute Gasteiger partial charge is 0.144 e. The number of benzene rings is 1. The van der Waals surface area contributed by atoms with Crippen molar-refractivity contribution in [1.29, 1.82) is 0 Å². The number of anilines is 2. The zero-order valence-corrected chi connectivity index (χ0v) is 12.1. The average molecular weight is 266 g/mol. The summed E-state index contributed by atoms with van der Waals surface area (Å²) in [6.07, 6.45) is 1.36. The fraction of sp³-hybridized carbons (Fsp3) is 0.600. The molecule has 19 heavy (non-hydrogen) atoms. The van der Waals surface area contributed by atoms with Crippen molar-refractivity contribution in [3.05, 3.63) is 18.2 Å². The minimum atomic E-state index is -0.361. The highest BCUT2D eigenvalue weighted by atomic mass is 16.5. The molecule has 1 aromatic rings. The van der Waals surface area contributed by atoms with Gasteiger partial charge in [0.2, 0.25) is 0 Å². The first-order valence-electron chi connectivity index (χ1n) is 6.97. The second kappa shape index (κ2) is 7.89. The van der Waals surface area contributed by atoms with Crippen LogP contribution in [0.5, 0.6) is 5.75 Å². The van der Waals surface area contributed by atoms with Gasteiger partial charge in [-0.1, -0.05) is 26.8 Å². The average Bonchev–Trinajstić information content (AvgIpc) is 2.35. The Morgan fingerprint density at radius 2 is 2.11 bits per heavy atom. The fourth-order valence-electron chi connectivity index (χ4n) is 1.89. The molecule has 0 amide bonds. The van der Waals surface area contributed by atoms with Gasteiger partial charge in [-0.25, -0.2) is 0 Å². The summed E-state index contributed by atoms with van der Waals surface area (Å²) in [5.41, 5.74) is 7.46. The van der Waals surface area contributed by atoms with Crippen molar-refractivity contribution in [1.82, 2.24) is 0 Å². The predicted molar refractivity (Wildman–Crippen MR) is 80.6 cm³/mol. The number of aliphatic hydroxyl groups excluding tert-OH is 1. The highest BCUT2D eigenvalue weighted by Crippen LogP contribution is 2.29. The summed E-state index contributed by atoms with van der Waals surface area (Å²) in [7, 11) is 0. The van der Waals surface area contributed by atoms with E-state index in [0.717, 1.165) is 18.5 Å². The van der Waals surface area contributed by atoms with Gasteiger partial charge >= 0.3 is 0 Å². The predicted octanol–water partition coefficient (Wildman–Crippen LogP) is 2.88. The highest BCUT2D eigenvalue weighted by Gasteiger charge is 2.09. The second-order valence-corrected chi connectivity index (χ2v) is 5.23. The van der Waals surface area contributed by atoms with Crippen molar-refractivity contribution < 1.29 is 9.84 Å². The Bertz CT molecular complexity index is 380. The van der Waals surface area contributed by atoms with Gasteiger partial charge in [0.1, 0.15) is 5.75 Å². The first-order chi connectivity index (χ1) is 9.04. The van der Waals surface area contributed by atoms with E-state index in [1.807, 2.05) is 18.2 Å². The molecule has 0 saturated heterocycles. The Hall–Kier alpha value is -1.42. The third-order valence-corrected chi connectivity index (χ3v) is 2.80. The summed E-state index contributed by atoms with van der Waals surface area (Å²) in [4.78, 5) is 0. The molecule has 0 radical (unpaired) electrons. The molecule has 4 heteroatoms. The van der Waals surface area contributed by atoms with E-state index in [2.05, 4.69) is 26.1 Å². The lowest BCUT2D eigenvalue weighted by atomic mass is 10.1. The number of nitrogens with two attached hydrogens (primary N) is 1. The van der Waals surface area contributed by atoms with Crippen molar-refractivity contribution in [3.8, 4) is 5.75 Å². The normalized spacial score (nSPS) is 12.5. The van der Waals surface area contributed by atoms with E-state index in [1.54, 1.807) is 0 Å². The van der Waals surface area contributed by atoms with Crippen LogP contribution in [0.2, 0.25) is 0 Å². The Labute approximate surface area is 116 Å². The lowest BCUT2D eigenvalue weighted by Gasteiger charge is -2.17. The molecule has 0 aliphatic rings. The van der Waals surface area contributed by atoms with E-state index < -0.39 is 0 Å². The topological polar surface area (TPSA) is 67.5 Å². The summed E-state index contributed by atoms with van der Waals surface area (Å²) in [6.45, 7) is 7.40. The van der Waals surface area contributed by atoms with Crippen LogP contribution in [0.25, 0.3) is 0 Å². The summed E-state index contributed by atoms with van der Waals surface area (Å²) in [5, 5.41) is 13.0. The molecule has 4 N–H and O–H groups in total. The zero-order valence-electron chi connectivity index (χ0n) is 12.1. The lowest BCUT2D eigenvalue weighted by molar-refractivity contribution is 0.161. The van der Waals surface area contributed by atoms with Crippen molar-refractivity contribution in [2.24, 2.45) is 5.92 Å². The maximum absolute atomic E-state index is 9.85. The van der Waals surface area contributed by atoms with E-state index in [1.165, 1.54) is 0 Å². The summed E-state index contributed by atoms with van der Waals surface area (Å²) in [6, 6.07) is 5.66. The van der Waals surface area contributed by atoms with Gasteiger partial charge in [-0.15, -0.1) is 0 Å². The molecule has 1 rings (SSSR count). The van der Waals surface area contributed by atoms with Crippen LogP contribution in [0.3, 0.4) is 0 Å². The first-order valence-corrected chi connectivity index (χ1v) is 6.97. The Morgan fingerprint density at radius 1 is 1.37 bits per heavy atom. The molecule has 4 nitrogen and oxygen atoms in total. The van der Waals surface area contributed by atoms with Crippen LogP contribution >= 0.6 is 0 Å². The molecule has 1 atom stereocenters. The SMILES string of the molecule is CCCOc1cccc(NCC(O)CC(C)C)c1N. The largest absolute Gasteiger partial charge is 0.491 e. The van der Waals surface area contributed by atoms with Gasteiger partial charge in [-0.05, 0) is 30.9 Å². The molecular formula is C15H26N2O2. The number of para-hydroxylation sites is 1. The van der Waals surface area contributed by atoms with Crippen molar-refractivity contribution in [2.75, 3.05) is 24.2 Å². The molecule has 0 aliphatic carbocycles. The van der Waals surface area contributed by atoms with Gasteiger partial charge in [0.25, 0.3) is 0 Å². The highest BCUT2D eigenvalue weighted by molar-refractivity contribution is 5.72. The minimum Gasteiger partial charge on any atom is -0.491 e. The third-order valence-electron chi connectivity index (χ3n) is 2.80. The third kappa shape index (κ3) is 5.39. The van der Waals surface area contributed by atoms with E-state index in [9.17, 15) is 5.11 Å². The Morgan fingerprint density at radius 3 is 2.74 bits per heavy atom. The van der Waals surface area contributed by atoms with Crippen LogP contribution in [0, 0.1) is 5.92 Å². The van der Waals surface area contributed by atoms with Gasteiger partial charge in [-0.3, -0.25) is 0 Å². The van der Waals surface area contributed by atoms with Crippen LogP contribution in [0.1, 0.15) is 33.6 Å². The quantitative estimate of drug-likeness (QED) is 0.633. The number of hydrogen-bond acceptors (Lipinski definition) is 4. The second-order valence-electron chi connectivity index (χ2n) is 5.23. The van der Waals surface area contributed by atoms with Crippen molar-refractivity contribution in [2.45, 2.75) is 39.7 Å². The van der Waals surface area contributed by atoms with Gasteiger partial charge in [-0.2, -0.15) is 0 Å². The monoisotopic (exact) mass is 266 g/mol. The van der Waals surface area contributed by atoms with E-state index in [4.69, 9.17) is 10.5 Å². The van der Waals surface area contributed by atoms with Crippen LogP contribution < -0.4 is 15.8 Å². The molecule has 1 unspecified atom stereocenters. The molecular weight excluding hydrogens is 240 g/mol. The number of nitrogens with one attached hydrogen (secondary N) is 1. The fourth-order valence-corrected chi connectivity index (χ4v) is 1.89. The zero-order chi connectivity index (χ0) is 14.3. The van der Waals surface area contributed by atoms with Crippen molar-refractivity contribution >= 4 is 11.4 Å². The molecule has 0 bridgehead atoms. The number of ether oxygens (including phenoxy) is 1. The van der Waals surface area contributed by atoms with Crippen LogP contribution in [0.15, 0.2) is 18.2 Å². The van der Waals surface area contributed by atoms with E-state index in [-0.39, 0.29) is 6.10 Å². The number of hydrogen-bond donors (Lipinski definition) is 3. The summed E-state index contributed by atoms with van der Waals surface area (Å²) >= 11 is 0. The number of rotatable bonds is 8. The lowest BCUT2D eigenvalue weighted by Crippen LogP contribution is -2.21.